The van der Waals surface area contributed by atoms with Crippen LogP contribution < -0.4 is 10.1 Å². The average Bonchev–Trinajstić information content (AvgIpc) is 2.90. The maximum atomic E-state index is 5.50. The van der Waals surface area contributed by atoms with Crippen molar-refractivity contribution in [3.63, 3.8) is 0 Å². The smallest absolute Gasteiger partial charge is 0.137 e. The molecule has 3 nitrogen and oxygen atoms in total. The Hall–Kier alpha value is -1.39. The van der Waals surface area contributed by atoms with Gasteiger partial charge < -0.3 is 10.1 Å². The molecule has 0 aliphatic carbocycles. The zero-order chi connectivity index (χ0) is 12.8. The van der Waals surface area contributed by atoms with Crippen molar-refractivity contribution in [2.45, 2.75) is 19.9 Å². The molecule has 0 aliphatic rings. The van der Waals surface area contributed by atoms with Gasteiger partial charge in [-0.3, -0.25) is 4.98 Å². The van der Waals surface area contributed by atoms with Crippen LogP contribution in [0.15, 0.2) is 35.3 Å². The zero-order valence-electron chi connectivity index (χ0n) is 10.7. The van der Waals surface area contributed by atoms with Crippen molar-refractivity contribution in [2.24, 2.45) is 0 Å². The summed E-state index contributed by atoms with van der Waals surface area (Å²) in [6.07, 6.45) is 3.65. The van der Waals surface area contributed by atoms with Gasteiger partial charge in [0.25, 0.3) is 0 Å². The van der Waals surface area contributed by atoms with Crippen LogP contribution in [-0.4, -0.2) is 18.1 Å². The fourth-order valence-electron chi connectivity index (χ4n) is 1.91. The van der Waals surface area contributed by atoms with Gasteiger partial charge in [0.05, 0.1) is 18.8 Å². The molecule has 0 spiro atoms. The van der Waals surface area contributed by atoms with Crippen LogP contribution in [0.2, 0.25) is 0 Å². The quantitative estimate of drug-likeness (QED) is 0.867. The van der Waals surface area contributed by atoms with Gasteiger partial charge in [-0.1, -0.05) is 6.92 Å². The first-order chi connectivity index (χ1) is 8.85. The van der Waals surface area contributed by atoms with Crippen molar-refractivity contribution in [2.75, 3.05) is 13.2 Å². The summed E-state index contributed by atoms with van der Waals surface area (Å²) in [7, 11) is 0. The van der Waals surface area contributed by atoms with Gasteiger partial charge in [0.2, 0.25) is 0 Å². The summed E-state index contributed by atoms with van der Waals surface area (Å²) >= 11 is 1.71. The Kier molecular flexibility index (Phi) is 4.73. The molecule has 0 radical (unpaired) electrons. The minimum atomic E-state index is 0.189. The third kappa shape index (κ3) is 3.09. The summed E-state index contributed by atoms with van der Waals surface area (Å²) < 4.78 is 5.50. The number of rotatable bonds is 6. The highest BCUT2D eigenvalue weighted by Crippen LogP contribution is 2.25. The summed E-state index contributed by atoms with van der Waals surface area (Å²) in [6, 6.07) is 4.39. The van der Waals surface area contributed by atoms with Crippen molar-refractivity contribution in [3.05, 3.63) is 46.4 Å². The highest BCUT2D eigenvalue weighted by atomic mass is 32.1. The van der Waals surface area contributed by atoms with Gasteiger partial charge in [-0.05, 0) is 47.5 Å². The fraction of sp³-hybridized carbons (Fsp3) is 0.357. The van der Waals surface area contributed by atoms with E-state index >= 15 is 0 Å². The molecule has 0 saturated heterocycles. The molecule has 2 heterocycles. The number of aromatic nitrogens is 1. The van der Waals surface area contributed by atoms with E-state index in [0.717, 1.165) is 17.9 Å². The minimum Gasteiger partial charge on any atom is -0.492 e. The van der Waals surface area contributed by atoms with Crippen molar-refractivity contribution >= 4 is 11.3 Å². The molecular formula is C14H18N2OS. The van der Waals surface area contributed by atoms with E-state index in [2.05, 4.69) is 40.1 Å². The Balaban J connectivity index is 2.27. The minimum absolute atomic E-state index is 0.189. The molecule has 1 unspecified atom stereocenters. The molecule has 0 amide bonds. The number of hydrogen-bond acceptors (Lipinski definition) is 4. The first-order valence-electron chi connectivity index (χ1n) is 6.18. The number of pyridine rings is 1. The van der Waals surface area contributed by atoms with Crippen LogP contribution >= 0.6 is 11.3 Å². The maximum absolute atomic E-state index is 5.50. The molecule has 96 valence electrons. The second-order valence-corrected chi connectivity index (χ2v) is 4.71. The molecule has 0 aromatic carbocycles. The standard InChI is InChI=1S/C14H18N2OS/c1-3-16-14(11-5-6-18-10-11)12-7-13(17-4-2)9-15-8-12/h5-10,14,16H,3-4H2,1-2H3. The van der Waals surface area contributed by atoms with Gasteiger partial charge in [0.1, 0.15) is 5.75 Å². The Bertz CT molecular complexity index is 470. The third-order valence-corrected chi connectivity index (χ3v) is 3.36. The van der Waals surface area contributed by atoms with Crippen LogP contribution in [0.1, 0.15) is 31.0 Å². The highest BCUT2D eigenvalue weighted by molar-refractivity contribution is 7.08. The van der Waals surface area contributed by atoms with Crippen molar-refractivity contribution in [1.29, 1.82) is 0 Å². The molecular weight excluding hydrogens is 244 g/mol. The van der Waals surface area contributed by atoms with E-state index < -0.39 is 0 Å². The molecule has 1 atom stereocenters. The van der Waals surface area contributed by atoms with Crippen LogP contribution in [0.25, 0.3) is 0 Å². The first-order valence-corrected chi connectivity index (χ1v) is 7.12. The summed E-state index contributed by atoms with van der Waals surface area (Å²) in [4.78, 5) is 4.25. The van der Waals surface area contributed by atoms with Crippen LogP contribution in [-0.2, 0) is 0 Å². The topological polar surface area (TPSA) is 34.2 Å². The van der Waals surface area contributed by atoms with E-state index in [0.29, 0.717) is 6.61 Å². The van der Waals surface area contributed by atoms with E-state index in [9.17, 15) is 0 Å². The summed E-state index contributed by atoms with van der Waals surface area (Å²) in [5.41, 5.74) is 2.42. The van der Waals surface area contributed by atoms with Crippen molar-refractivity contribution in [1.82, 2.24) is 10.3 Å². The Morgan fingerprint density at radius 1 is 1.33 bits per heavy atom. The van der Waals surface area contributed by atoms with E-state index in [1.807, 2.05) is 13.1 Å². The lowest BCUT2D eigenvalue weighted by Crippen LogP contribution is -2.21. The first kappa shape index (κ1) is 13.1. The molecule has 18 heavy (non-hydrogen) atoms. The SMILES string of the molecule is CCNC(c1ccsc1)c1cncc(OCC)c1. The average molecular weight is 262 g/mol. The highest BCUT2D eigenvalue weighted by Gasteiger charge is 2.14. The van der Waals surface area contributed by atoms with E-state index in [1.165, 1.54) is 5.56 Å². The summed E-state index contributed by atoms with van der Waals surface area (Å²) in [5.74, 6) is 0.827. The van der Waals surface area contributed by atoms with Crippen molar-refractivity contribution < 1.29 is 4.74 Å². The Labute approximate surface area is 112 Å². The van der Waals surface area contributed by atoms with Crippen LogP contribution in [0, 0.1) is 0 Å². The molecule has 2 aromatic heterocycles. The number of hydrogen-bond donors (Lipinski definition) is 1. The normalized spacial score (nSPS) is 12.3. The molecule has 2 aromatic rings. The predicted molar refractivity (Wildman–Crippen MR) is 75.2 cm³/mol. The van der Waals surface area contributed by atoms with Crippen LogP contribution in [0.4, 0.5) is 0 Å². The summed E-state index contributed by atoms with van der Waals surface area (Å²) in [5, 5.41) is 7.75. The molecule has 2 rings (SSSR count). The molecule has 4 heteroatoms. The number of nitrogens with one attached hydrogen (secondary N) is 1. The molecule has 0 bridgehead atoms. The van der Waals surface area contributed by atoms with Crippen molar-refractivity contribution in [3.8, 4) is 5.75 Å². The van der Waals surface area contributed by atoms with Crippen LogP contribution in [0.5, 0.6) is 5.75 Å². The second kappa shape index (κ2) is 6.52. The molecule has 0 fully saturated rings. The van der Waals surface area contributed by atoms with Gasteiger partial charge >= 0.3 is 0 Å². The number of nitrogens with zero attached hydrogens (tertiary/aromatic N) is 1. The Morgan fingerprint density at radius 2 is 2.22 bits per heavy atom. The fourth-order valence-corrected chi connectivity index (χ4v) is 2.60. The number of ether oxygens (including phenoxy) is 1. The molecule has 0 aliphatic heterocycles. The molecule has 1 N–H and O–H groups in total. The number of thiophene rings is 1. The lowest BCUT2D eigenvalue weighted by molar-refractivity contribution is 0.338. The van der Waals surface area contributed by atoms with E-state index in [-0.39, 0.29) is 6.04 Å². The predicted octanol–water partition coefficient (Wildman–Crippen LogP) is 3.24. The monoisotopic (exact) mass is 262 g/mol. The van der Waals surface area contributed by atoms with Gasteiger partial charge in [-0.2, -0.15) is 11.3 Å². The van der Waals surface area contributed by atoms with Gasteiger partial charge in [-0.15, -0.1) is 0 Å². The second-order valence-electron chi connectivity index (χ2n) is 3.93. The van der Waals surface area contributed by atoms with E-state index in [4.69, 9.17) is 4.74 Å². The van der Waals surface area contributed by atoms with Crippen LogP contribution in [0.3, 0.4) is 0 Å². The molecule has 0 saturated carbocycles. The Morgan fingerprint density at radius 3 is 2.89 bits per heavy atom. The van der Waals surface area contributed by atoms with Gasteiger partial charge in [0, 0.05) is 6.20 Å². The largest absolute Gasteiger partial charge is 0.492 e. The summed E-state index contributed by atoms with van der Waals surface area (Å²) in [6.45, 7) is 5.67. The lowest BCUT2D eigenvalue weighted by Gasteiger charge is -2.17. The maximum Gasteiger partial charge on any atom is 0.137 e. The zero-order valence-corrected chi connectivity index (χ0v) is 11.5. The van der Waals surface area contributed by atoms with E-state index in [1.54, 1.807) is 17.5 Å². The van der Waals surface area contributed by atoms with Gasteiger partial charge in [0.15, 0.2) is 0 Å². The lowest BCUT2D eigenvalue weighted by atomic mass is 10.0. The third-order valence-electron chi connectivity index (χ3n) is 2.66. The van der Waals surface area contributed by atoms with Gasteiger partial charge in [-0.25, -0.2) is 0 Å².